The fraction of sp³-hybridized carbons (Fsp3) is 0.500. The summed E-state index contributed by atoms with van der Waals surface area (Å²) < 4.78 is 76.8. The van der Waals surface area contributed by atoms with Gasteiger partial charge in [0.05, 0.1) is 17.5 Å². The molecule has 1 aliphatic rings. The van der Waals surface area contributed by atoms with Crippen LogP contribution in [0.1, 0.15) is 36.0 Å². The third-order valence-electron chi connectivity index (χ3n) is 3.91. The summed E-state index contributed by atoms with van der Waals surface area (Å²) in [6.07, 6.45) is -8.99. The van der Waals surface area contributed by atoms with E-state index < -0.39 is 53.4 Å². The second-order valence-electron chi connectivity index (χ2n) is 6.23. The highest BCUT2D eigenvalue weighted by Gasteiger charge is 2.37. The summed E-state index contributed by atoms with van der Waals surface area (Å²) in [5, 5.41) is 11.2. The van der Waals surface area contributed by atoms with Crippen LogP contribution in [0.25, 0.3) is 0 Å². The van der Waals surface area contributed by atoms with Crippen molar-refractivity contribution in [3.05, 3.63) is 34.9 Å². The van der Waals surface area contributed by atoms with E-state index in [1.165, 1.54) is 0 Å². The largest absolute Gasteiger partial charge is 0.480 e. The van der Waals surface area contributed by atoms with Crippen molar-refractivity contribution >= 4 is 11.9 Å². The van der Waals surface area contributed by atoms with Crippen molar-refractivity contribution in [1.29, 1.82) is 0 Å². The highest BCUT2D eigenvalue weighted by Crippen LogP contribution is 2.36. The number of hydrogen-bond acceptors (Lipinski definition) is 2. The first kappa shape index (κ1) is 20.1. The standard InChI is InChI=1S/C16H15F6NO3/c17-15(18,19)10-3-9(4-11(7-10)16(20,21)22)6-13(24)23-12(14(25)26)5-8-1-2-8/h3-4,7-8,12H,1-2,5-6H2,(H,23,24)(H,25,26)/t12-/m0/s1. The van der Waals surface area contributed by atoms with Gasteiger partial charge in [0.25, 0.3) is 0 Å². The lowest BCUT2D eigenvalue weighted by Gasteiger charge is -2.16. The molecule has 0 unspecified atom stereocenters. The van der Waals surface area contributed by atoms with Crippen molar-refractivity contribution in [2.75, 3.05) is 0 Å². The molecule has 1 atom stereocenters. The molecule has 0 bridgehead atoms. The van der Waals surface area contributed by atoms with Gasteiger partial charge in [-0.2, -0.15) is 26.3 Å². The number of alkyl halides is 6. The van der Waals surface area contributed by atoms with Crippen molar-refractivity contribution < 1.29 is 41.0 Å². The van der Waals surface area contributed by atoms with Crippen molar-refractivity contribution in [3.8, 4) is 0 Å². The zero-order valence-electron chi connectivity index (χ0n) is 13.2. The van der Waals surface area contributed by atoms with E-state index in [1.807, 2.05) is 0 Å². The van der Waals surface area contributed by atoms with Crippen LogP contribution in [0, 0.1) is 5.92 Å². The van der Waals surface area contributed by atoms with Crippen molar-refractivity contribution in [2.24, 2.45) is 5.92 Å². The first-order valence-electron chi connectivity index (χ1n) is 7.67. The first-order chi connectivity index (χ1) is 11.9. The topological polar surface area (TPSA) is 66.4 Å². The predicted octanol–water partition coefficient (Wildman–Crippen LogP) is 3.64. The number of hydrogen-bond donors (Lipinski definition) is 2. The summed E-state index contributed by atoms with van der Waals surface area (Å²) in [6, 6.07) is -0.353. The van der Waals surface area contributed by atoms with Gasteiger partial charge in [0, 0.05) is 0 Å². The molecular weight excluding hydrogens is 368 g/mol. The lowest BCUT2D eigenvalue weighted by atomic mass is 10.0. The number of halogens is 6. The summed E-state index contributed by atoms with van der Waals surface area (Å²) >= 11 is 0. The summed E-state index contributed by atoms with van der Waals surface area (Å²) in [4.78, 5) is 23.0. The minimum atomic E-state index is -5.01. The number of aliphatic carboxylic acids is 1. The van der Waals surface area contributed by atoms with Crippen molar-refractivity contribution in [2.45, 2.75) is 44.1 Å². The van der Waals surface area contributed by atoms with E-state index >= 15 is 0 Å². The van der Waals surface area contributed by atoms with Gasteiger partial charge in [-0.25, -0.2) is 4.79 Å². The Hall–Kier alpha value is -2.26. The van der Waals surface area contributed by atoms with Crippen LogP contribution in [0.15, 0.2) is 18.2 Å². The van der Waals surface area contributed by atoms with E-state index in [2.05, 4.69) is 5.32 Å². The van der Waals surface area contributed by atoms with Gasteiger partial charge < -0.3 is 10.4 Å². The van der Waals surface area contributed by atoms with Crippen molar-refractivity contribution in [1.82, 2.24) is 5.32 Å². The molecule has 0 aromatic heterocycles. The van der Waals surface area contributed by atoms with E-state index in [1.54, 1.807) is 0 Å². The smallest absolute Gasteiger partial charge is 0.416 e. The number of rotatable bonds is 6. The molecule has 1 aromatic rings. The maximum absolute atomic E-state index is 12.8. The average Bonchev–Trinajstić information content (AvgIpc) is 3.28. The molecule has 1 aliphatic carbocycles. The molecular formula is C16H15F6NO3. The minimum Gasteiger partial charge on any atom is -0.480 e. The maximum atomic E-state index is 12.8. The molecule has 4 nitrogen and oxygen atoms in total. The Kier molecular flexibility index (Phi) is 5.52. The van der Waals surface area contributed by atoms with Crippen LogP contribution >= 0.6 is 0 Å². The second-order valence-corrected chi connectivity index (χ2v) is 6.23. The number of carboxylic acid groups (broad SMARTS) is 1. The highest BCUT2D eigenvalue weighted by atomic mass is 19.4. The van der Waals surface area contributed by atoms with Crippen molar-refractivity contribution in [3.63, 3.8) is 0 Å². The van der Waals surface area contributed by atoms with Gasteiger partial charge in [0.15, 0.2) is 0 Å². The maximum Gasteiger partial charge on any atom is 0.416 e. The fourth-order valence-electron chi connectivity index (χ4n) is 2.46. The molecule has 2 rings (SSSR count). The first-order valence-corrected chi connectivity index (χ1v) is 7.67. The lowest BCUT2D eigenvalue weighted by molar-refractivity contribution is -0.143. The van der Waals surface area contributed by atoms with Gasteiger partial charge in [-0.1, -0.05) is 12.8 Å². The molecule has 1 aromatic carbocycles. The Balaban J connectivity index is 2.18. The normalized spacial score (nSPS) is 16.2. The van der Waals surface area contributed by atoms with E-state index in [0.717, 1.165) is 12.8 Å². The van der Waals surface area contributed by atoms with Crippen LogP contribution in [0.4, 0.5) is 26.3 Å². The van der Waals surface area contributed by atoms with E-state index in [0.29, 0.717) is 12.1 Å². The van der Waals surface area contributed by atoms with E-state index in [4.69, 9.17) is 5.11 Å². The van der Waals surface area contributed by atoms with E-state index in [9.17, 15) is 35.9 Å². The quantitative estimate of drug-likeness (QED) is 0.738. The Bertz CT molecular complexity index is 662. The van der Waals surface area contributed by atoms with Crippen LogP contribution in [0.3, 0.4) is 0 Å². The highest BCUT2D eigenvalue weighted by molar-refractivity contribution is 5.84. The third-order valence-corrected chi connectivity index (χ3v) is 3.91. The van der Waals surface area contributed by atoms with Gasteiger partial charge >= 0.3 is 18.3 Å². The van der Waals surface area contributed by atoms with Gasteiger partial charge in [0.1, 0.15) is 6.04 Å². The summed E-state index contributed by atoms with van der Waals surface area (Å²) in [6.45, 7) is 0. The molecule has 1 fully saturated rings. The molecule has 1 amide bonds. The molecule has 0 spiro atoms. The molecule has 0 aliphatic heterocycles. The molecule has 1 saturated carbocycles. The van der Waals surface area contributed by atoms with Crippen LogP contribution < -0.4 is 5.32 Å². The summed E-state index contributed by atoms with van der Waals surface area (Å²) in [7, 11) is 0. The monoisotopic (exact) mass is 383 g/mol. The minimum absolute atomic E-state index is 0.0332. The van der Waals surface area contributed by atoms with E-state index in [-0.39, 0.29) is 18.4 Å². The van der Waals surface area contributed by atoms with Crippen LogP contribution in [0.2, 0.25) is 0 Å². The summed E-state index contributed by atoms with van der Waals surface area (Å²) in [5.41, 5.74) is -3.55. The lowest BCUT2D eigenvalue weighted by Crippen LogP contribution is -2.41. The molecule has 0 radical (unpaired) electrons. The third kappa shape index (κ3) is 5.63. The number of carboxylic acids is 1. The Morgan fingerprint density at radius 3 is 1.92 bits per heavy atom. The molecule has 2 N–H and O–H groups in total. The zero-order valence-corrected chi connectivity index (χ0v) is 13.2. The van der Waals surface area contributed by atoms with Crippen LogP contribution in [-0.4, -0.2) is 23.0 Å². The summed E-state index contributed by atoms with van der Waals surface area (Å²) in [5.74, 6) is -2.10. The van der Waals surface area contributed by atoms with Crippen LogP contribution in [-0.2, 0) is 28.4 Å². The molecule has 0 heterocycles. The zero-order chi connectivity index (χ0) is 19.7. The Morgan fingerprint density at radius 2 is 1.54 bits per heavy atom. The van der Waals surface area contributed by atoms with Gasteiger partial charge in [-0.15, -0.1) is 0 Å². The number of carbonyl (C=O) groups is 2. The van der Waals surface area contributed by atoms with Gasteiger partial charge in [-0.05, 0) is 36.1 Å². The number of benzene rings is 1. The Morgan fingerprint density at radius 1 is 1.04 bits per heavy atom. The van der Waals surface area contributed by atoms with Crippen LogP contribution in [0.5, 0.6) is 0 Å². The Labute approximate surface area is 144 Å². The second kappa shape index (κ2) is 7.16. The fourth-order valence-corrected chi connectivity index (χ4v) is 2.46. The SMILES string of the molecule is O=C(Cc1cc(C(F)(F)F)cc(C(F)(F)F)c1)N[C@@H](CC1CC1)C(=O)O. The molecule has 26 heavy (non-hydrogen) atoms. The predicted molar refractivity (Wildman–Crippen MR) is 77.1 cm³/mol. The van der Waals surface area contributed by atoms with Gasteiger partial charge in [-0.3, -0.25) is 4.79 Å². The molecule has 0 saturated heterocycles. The average molecular weight is 383 g/mol. The molecule has 10 heteroatoms. The van der Waals surface area contributed by atoms with Gasteiger partial charge in [0.2, 0.25) is 5.91 Å². The number of carbonyl (C=O) groups excluding carboxylic acids is 1. The number of nitrogens with one attached hydrogen (secondary N) is 1. The molecule has 144 valence electrons. The number of amides is 1.